The van der Waals surface area contributed by atoms with Gasteiger partial charge < -0.3 is 19.8 Å². The van der Waals surface area contributed by atoms with Gasteiger partial charge in [-0.2, -0.15) is 0 Å². The lowest BCUT2D eigenvalue weighted by atomic mass is 10.1. The topological polar surface area (TPSA) is 97.6 Å². The minimum absolute atomic E-state index is 0.00907. The van der Waals surface area contributed by atoms with Crippen molar-refractivity contribution in [3.63, 3.8) is 0 Å². The van der Waals surface area contributed by atoms with Gasteiger partial charge in [-0.05, 0) is 55.0 Å². The molecule has 7 nitrogen and oxygen atoms in total. The fraction of sp³-hybridized carbons (Fsp3) is 0.0870. The molecule has 2 aromatic carbocycles. The minimum Gasteiger partial charge on any atom is -0.497 e. The lowest BCUT2D eigenvalue weighted by Gasteiger charge is -2.11. The molecule has 1 aromatic heterocycles. The van der Waals surface area contributed by atoms with Crippen LogP contribution in [0.5, 0.6) is 5.75 Å². The summed E-state index contributed by atoms with van der Waals surface area (Å²) in [5.74, 6) is -0.495. The second-order valence-corrected chi connectivity index (χ2v) is 6.35. The molecule has 0 atom stereocenters. The molecule has 3 aromatic rings. The van der Waals surface area contributed by atoms with Gasteiger partial charge in [-0.25, -0.2) is 0 Å². The van der Waals surface area contributed by atoms with Gasteiger partial charge in [0.1, 0.15) is 11.4 Å². The average molecular weight is 404 g/mol. The van der Waals surface area contributed by atoms with Crippen LogP contribution in [-0.2, 0) is 4.79 Å². The molecule has 2 amide bonds. The lowest BCUT2D eigenvalue weighted by Crippen LogP contribution is -2.30. The van der Waals surface area contributed by atoms with Crippen molar-refractivity contribution >= 4 is 29.4 Å². The highest BCUT2D eigenvalue weighted by atomic mass is 16.5. The van der Waals surface area contributed by atoms with Gasteiger partial charge in [-0.15, -0.1) is 0 Å². The van der Waals surface area contributed by atoms with Crippen LogP contribution in [0, 0.1) is 0 Å². The molecule has 0 fully saturated rings. The fourth-order valence-electron chi connectivity index (χ4n) is 2.63. The van der Waals surface area contributed by atoms with E-state index in [1.165, 1.54) is 25.3 Å². The molecule has 0 bridgehead atoms. The minimum atomic E-state index is -0.563. The molecule has 3 rings (SSSR count). The highest BCUT2D eigenvalue weighted by molar-refractivity contribution is 6.10. The molecule has 7 heteroatoms. The van der Waals surface area contributed by atoms with E-state index in [0.29, 0.717) is 22.6 Å². The summed E-state index contributed by atoms with van der Waals surface area (Å²) < 4.78 is 10.2. The van der Waals surface area contributed by atoms with Gasteiger partial charge in [-0.3, -0.25) is 14.4 Å². The van der Waals surface area contributed by atoms with Crippen molar-refractivity contribution in [2.24, 2.45) is 0 Å². The van der Waals surface area contributed by atoms with Crippen molar-refractivity contribution in [2.45, 2.75) is 6.92 Å². The van der Waals surface area contributed by atoms with Crippen molar-refractivity contribution in [2.75, 3.05) is 12.4 Å². The van der Waals surface area contributed by atoms with E-state index in [9.17, 15) is 14.4 Å². The Balaban J connectivity index is 1.88. The number of benzene rings is 2. The number of hydrogen-bond acceptors (Lipinski definition) is 5. The van der Waals surface area contributed by atoms with Gasteiger partial charge >= 0.3 is 0 Å². The van der Waals surface area contributed by atoms with Crippen LogP contribution in [0.25, 0.3) is 6.08 Å². The lowest BCUT2D eigenvalue weighted by molar-refractivity contribution is -0.113. The van der Waals surface area contributed by atoms with Crippen molar-refractivity contribution in [1.29, 1.82) is 0 Å². The van der Waals surface area contributed by atoms with Crippen LogP contribution in [0.2, 0.25) is 0 Å². The van der Waals surface area contributed by atoms with E-state index >= 15 is 0 Å². The molecular weight excluding hydrogens is 384 g/mol. The molecule has 2 N–H and O–H groups in total. The van der Waals surface area contributed by atoms with Crippen LogP contribution >= 0.6 is 0 Å². The number of ether oxygens (including phenoxy) is 1. The quantitative estimate of drug-likeness (QED) is 0.460. The number of carbonyl (C=O) groups excluding carboxylic acids is 3. The van der Waals surface area contributed by atoms with Gasteiger partial charge in [0.15, 0.2) is 11.5 Å². The first-order valence-electron chi connectivity index (χ1n) is 9.09. The van der Waals surface area contributed by atoms with Crippen molar-refractivity contribution < 1.29 is 23.5 Å². The zero-order valence-corrected chi connectivity index (χ0v) is 16.5. The molecule has 0 radical (unpaired) electrons. The van der Waals surface area contributed by atoms with Crippen LogP contribution in [-0.4, -0.2) is 24.7 Å². The monoisotopic (exact) mass is 404 g/mol. The number of rotatable bonds is 7. The SMILES string of the molecule is COc1ccc(C=C(NC(=O)c2ccco2)C(=O)Nc2cccc(C(C)=O)c2)cc1. The Morgan fingerprint density at radius 2 is 1.77 bits per heavy atom. The first kappa shape index (κ1) is 20.6. The molecule has 0 saturated carbocycles. The Labute approximate surface area is 173 Å². The van der Waals surface area contributed by atoms with Gasteiger partial charge in [0, 0.05) is 11.3 Å². The number of amides is 2. The molecular formula is C23H20N2O5. The number of nitrogens with one attached hydrogen (secondary N) is 2. The zero-order chi connectivity index (χ0) is 21.5. The Morgan fingerprint density at radius 3 is 2.40 bits per heavy atom. The molecule has 152 valence electrons. The molecule has 0 aliphatic rings. The Kier molecular flexibility index (Phi) is 6.44. The molecule has 0 aliphatic heterocycles. The third kappa shape index (κ3) is 5.23. The van der Waals surface area contributed by atoms with Crippen molar-refractivity contribution in [3.05, 3.63) is 89.5 Å². The smallest absolute Gasteiger partial charge is 0.291 e. The predicted molar refractivity (Wildman–Crippen MR) is 112 cm³/mol. The normalized spacial score (nSPS) is 10.9. The van der Waals surface area contributed by atoms with Gasteiger partial charge in [0.25, 0.3) is 11.8 Å². The predicted octanol–water partition coefficient (Wildman–Crippen LogP) is 3.90. The van der Waals surface area contributed by atoms with E-state index in [0.717, 1.165) is 0 Å². The number of furan rings is 1. The molecule has 0 spiro atoms. The zero-order valence-electron chi connectivity index (χ0n) is 16.5. The maximum atomic E-state index is 12.9. The maximum Gasteiger partial charge on any atom is 0.291 e. The van der Waals surface area contributed by atoms with Crippen LogP contribution < -0.4 is 15.4 Å². The Morgan fingerprint density at radius 1 is 1.00 bits per heavy atom. The standard InChI is InChI=1S/C23H20N2O5/c1-15(26)17-5-3-6-18(14-17)24-22(27)20(25-23(28)21-7-4-12-30-21)13-16-8-10-19(29-2)11-9-16/h3-14H,1-2H3,(H,24,27)(H,25,28). The van der Waals surface area contributed by atoms with Gasteiger partial charge in [-0.1, -0.05) is 24.3 Å². The highest BCUT2D eigenvalue weighted by Gasteiger charge is 2.17. The summed E-state index contributed by atoms with van der Waals surface area (Å²) in [6.07, 6.45) is 2.90. The van der Waals surface area contributed by atoms with E-state index < -0.39 is 11.8 Å². The van der Waals surface area contributed by atoms with Crippen LogP contribution in [0.15, 0.2) is 77.0 Å². The van der Waals surface area contributed by atoms with Crippen molar-refractivity contribution in [1.82, 2.24) is 5.32 Å². The Bertz CT molecular complexity index is 1080. The molecule has 1 heterocycles. The summed E-state index contributed by atoms with van der Waals surface area (Å²) in [5, 5.41) is 5.27. The van der Waals surface area contributed by atoms with Crippen LogP contribution in [0.4, 0.5) is 5.69 Å². The van der Waals surface area contributed by atoms with Gasteiger partial charge in [0.2, 0.25) is 0 Å². The molecule has 0 aliphatic carbocycles. The Hall–Kier alpha value is -4.13. The van der Waals surface area contributed by atoms with E-state index in [1.54, 1.807) is 61.7 Å². The highest BCUT2D eigenvalue weighted by Crippen LogP contribution is 2.16. The van der Waals surface area contributed by atoms with Gasteiger partial charge in [0.05, 0.1) is 13.4 Å². The van der Waals surface area contributed by atoms with Crippen molar-refractivity contribution in [3.8, 4) is 5.75 Å². The van der Waals surface area contributed by atoms with E-state index in [4.69, 9.17) is 9.15 Å². The summed E-state index contributed by atoms with van der Waals surface area (Å²) >= 11 is 0. The number of Topliss-reactive ketones (excluding diaryl/α,β-unsaturated/α-hetero) is 1. The number of carbonyl (C=O) groups is 3. The summed E-state index contributed by atoms with van der Waals surface area (Å²) in [7, 11) is 1.56. The molecule has 0 unspecified atom stereocenters. The van der Waals surface area contributed by atoms with Crippen LogP contribution in [0.1, 0.15) is 33.4 Å². The second-order valence-electron chi connectivity index (χ2n) is 6.35. The summed E-state index contributed by atoms with van der Waals surface area (Å²) in [6, 6.07) is 16.6. The summed E-state index contributed by atoms with van der Waals surface area (Å²) in [4.78, 5) is 36.9. The first-order chi connectivity index (χ1) is 14.5. The van der Waals surface area contributed by atoms with E-state index in [-0.39, 0.29) is 17.2 Å². The van der Waals surface area contributed by atoms with E-state index in [1.807, 2.05) is 0 Å². The number of methoxy groups -OCH3 is 1. The molecule has 30 heavy (non-hydrogen) atoms. The fourth-order valence-corrected chi connectivity index (χ4v) is 2.63. The average Bonchev–Trinajstić information content (AvgIpc) is 3.29. The third-order valence-corrected chi connectivity index (χ3v) is 4.19. The molecule has 0 saturated heterocycles. The first-order valence-corrected chi connectivity index (χ1v) is 9.09. The summed E-state index contributed by atoms with van der Waals surface area (Å²) in [5.41, 5.74) is 1.58. The number of anilines is 1. The second kappa shape index (κ2) is 9.38. The number of ketones is 1. The van der Waals surface area contributed by atoms with Crippen LogP contribution in [0.3, 0.4) is 0 Å². The largest absolute Gasteiger partial charge is 0.497 e. The summed E-state index contributed by atoms with van der Waals surface area (Å²) in [6.45, 7) is 1.44. The maximum absolute atomic E-state index is 12.9. The third-order valence-electron chi connectivity index (χ3n) is 4.19. The number of hydrogen-bond donors (Lipinski definition) is 2. The van der Waals surface area contributed by atoms with E-state index in [2.05, 4.69) is 10.6 Å².